The average Bonchev–Trinajstić information content (AvgIpc) is 3.48. The fraction of sp³-hybridized carbons (Fsp3) is 0.136. The molecule has 4 rings (SSSR count). The van der Waals surface area contributed by atoms with E-state index in [4.69, 9.17) is 4.74 Å². The monoisotopic (exact) mass is 488 g/mol. The second-order valence-corrected chi connectivity index (χ2v) is 8.39. The molecule has 1 N–H and O–H groups in total. The van der Waals surface area contributed by atoms with Gasteiger partial charge in [-0.2, -0.15) is 8.78 Å². The predicted molar refractivity (Wildman–Crippen MR) is 124 cm³/mol. The molecule has 7 nitrogen and oxygen atoms in total. The number of alkyl halides is 2. The molecule has 0 aliphatic carbocycles. The van der Waals surface area contributed by atoms with Crippen LogP contribution >= 0.6 is 23.1 Å². The second kappa shape index (κ2) is 10.5. The van der Waals surface area contributed by atoms with E-state index in [1.165, 1.54) is 23.5 Å². The van der Waals surface area contributed by atoms with Gasteiger partial charge in [-0.05, 0) is 35.7 Å². The minimum atomic E-state index is -2.99. The van der Waals surface area contributed by atoms with Crippen LogP contribution in [0.15, 0.2) is 71.2 Å². The number of para-hydroxylation sites is 4. The molecular weight excluding hydrogens is 470 g/mol. The molecule has 0 radical (unpaired) electrons. The zero-order valence-electron chi connectivity index (χ0n) is 17.3. The van der Waals surface area contributed by atoms with Crippen LogP contribution in [-0.2, 0) is 4.79 Å². The highest BCUT2D eigenvalue weighted by Gasteiger charge is 2.20. The van der Waals surface area contributed by atoms with Gasteiger partial charge < -0.3 is 14.8 Å². The Hall–Kier alpha value is -3.44. The van der Waals surface area contributed by atoms with Crippen LogP contribution in [0.1, 0.15) is 0 Å². The number of anilines is 1. The number of aromatic nitrogens is 3. The van der Waals surface area contributed by atoms with Crippen molar-refractivity contribution in [1.82, 2.24) is 14.8 Å². The van der Waals surface area contributed by atoms with Crippen LogP contribution in [0.4, 0.5) is 14.5 Å². The Morgan fingerprint density at radius 1 is 1.09 bits per heavy atom. The van der Waals surface area contributed by atoms with Gasteiger partial charge in [-0.1, -0.05) is 42.1 Å². The molecule has 0 bridgehead atoms. The molecule has 0 aliphatic rings. The van der Waals surface area contributed by atoms with Crippen molar-refractivity contribution in [2.75, 3.05) is 18.2 Å². The minimum Gasteiger partial charge on any atom is -0.495 e. The van der Waals surface area contributed by atoms with Crippen molar-refractivity contribution >= 4 is 34.7 Å². The summed E-state index contributed by atoms with van der Waals surface area (Å²) < 4.78 is 37.1. The van der Waals surface area contributed by atoms with E-state index in [0.717, 1.165) is 22.3 Å². The van der Waals surface area contributed by atoms with E-state index in [0.29, 0.717) is 16.7 Å². The van der Waals surface area contributed by atoms with Gasteiger partial charge >= 0.3 is 6.61 Å². The number of amides is 1. The van der Waals surface area contributed by atoms with Crippen molar-refractivity contribution in [3.8, 4) is 27.9 Å². The van der Waals surface area contributed by atoms with Gasteiger partial charge in [0.1, 0.15) is 11.5 Å². The Bertz CT molecular complexity index is 1230. The number of rotatable bonds is 9. The van der Waals surface area contributed by atoms with Crippen LogP contribution in [0.25, 0.3) is 16.4 Å². The second-order valence-electron chi connectivity index (χ2n) is 6.50. The topological polar surface area (TPSA) is 78.3 Å². The smallest absolute Gasteiger partial charge is 0.387 e. The number of methoxy groups -OCH3 is 1. The first-order valence-electron chi connectivity index (χ1n) is 9.66. The maximum absolute atomic E-state index is 12.6. The fourth-order valence-electron chi connectivity index (χ4n) is 3.05. The Morgan fingerprint density at radius 2 is 1.85 bits per heavy atom. The zero-order valence-corrected chi connectivity index (χ0v) is 18.9. The van der Waals surface area contributed by atoms with E-state index in [-0.39, 0.29) is 17.2 Å². The number of carbonyl (C=O) groups excluding carboxylic acids is 1. The van der Waals surface area contributed by atoms with Crippen LogP contribution in [0.5, 0.6) is 11.5 Å². The number of hydrogen-bond acceptors (Lipinski definition) is 7. The third kappa shape index (κ3) is 5.32. The Morgan fingerprint density at radius 3 is 2.58 bits per heavy atom. The maximum Gasteiger partial charge on any atom is 0.387 e. The van der Waals surface area contributed by atoms with Gasteiger partial charge in [0.15, 0.2) is 11.0 Å². The van der Waals surface area contributed by atoms with Crippen molar-refractivity contribution < 1.29 is 23.0 Å². The van der Waals surface area contributed by atoms with Gasteiger partial charge in [-0.15, -0.1) is 21.5 Å². The first-order valence-corrected chi connectivity index (χ1v) is 11.5. The highest BCUT2D eigenvalue weighted by molar-refractivity contribution is 7.99. The van der Waals surface area contributed by atoms with Gasteiger partial charge in [0.25, 0.3) is 0 Å². The zero-order chi connectivity index (χ0) is 23.2. The van der Waals surface area contributed by atoms with Gasteiger partial charge in [-0.25, -0.2) is 0 Å². The number of thiophene rings is 1. The van der Waals surface area contributed by atoms with Crippen LogP contribution in [0.3, 0.4) is 0 Å². The summed E-state index contributed by atoms with van der Waals surface area (Å²) in [5, 5.41) is 13.6. The molecular formula is C22H18F2N4O3S2. The molecule has 2 aromatic carbocycles. The summed E-state index contributed by atoms with van der Waals surface area (Å²) in [6.45, 7) is -2.99. The van der Waals surface area contributed by atoms with Crippen LogP contribution in [0.2, 0.25) is 0 Å². The van der Waals surface area contributed by atoms with E-state index in [1.54, 1.807) is 19.2 Å². The maximum atomic E-state index is 12.6. The molecule has 2 aromatic heterocycles. The van der Waals surface area contributed by atoms with Crippen molar-refractivity contribution in [1.29, 1.82) is 0 Å². The average molecular weight is 489 g/mol. The molecule has 170 valence electrons. The minimum absolute atomic E-state index is 0.0270. The quantitative estimate of drug-likeness (QED) is 0.321. The van der Waals surface area contributed by atoms with Gasteiger partial charge in [0.2, 0.25) is 5.91 Å². The van der Waals surface area contributed by atoms with Crippen molar-refractivity contribution in [3.63, 3.8) is 0 Å². The number of benzene rings is 2. The number of thioether (sulfide) groups is 1. The van der Waals surface area contributed by atoms with E-state index < -0.39 is 12.5 Å². The van der Waals surface area contributed by atoms with Crippen LogP contribution in [-0.4, -0.2) is 40.1 Å². The fourth-order valence-corrected chi connectivity index (χ4v) is 4.49. The number of nitrogens with zero attached hydrogens (tertiary/aromatic N) is 3. The predicted octanol–water partition coefficient (Wildman–Crippen LogP) is 5.34. The van der Waals surface area contributed by atoms with E-state index in [1.807, 2.05) is 46.3 Å². The number of nitrogens with one attached hydrogen (secondary N) is 1. The molecule has 2 heterocycles. The molecule has 33 heavy (non-hydrogen) atoms. The van der Waals surface area contributed by atoms with Crippen LogP contribution in [0, 0.1) is 0 Å². The third-order valence-electron chi connectivity index (χ3n) is 4.41. The SMILES string of the molecule is COc1ccccc1-n1c(SCC(=O)Nc2ccccc2OC(F)F)nnc1-c1cccs1. The summed E-state index contributed by atoms with van der Waals surface area (Å²) in [4.78, 5) is 13.5. The van der Waals surface area contributed by atoms with E-state index in [9.17, 15) is 13.6 Å². The Balaban J connectivity index is 1.58. The van der Waals surface area contributed by atoms with Gasteiger partial charge in [0.05, 0.1) is 29.1 Å². The van der Waals surface area contributed by atoms with E-state index in [2.05, 4.69) is 20.3 Å². The summed E-state index contributed by atoms with van der Waals surface area (Å²) in [6.07, 6.45) is 0. The van der Waals surface area contributed by atoms with Crippen molar-refractivity contribution in [2.45, 2.75) is 11.8 Å². The molecule has 0 aliphatic heterocycles. The van der Waals surface area contributed by atoms with Crippen molar-refractivity contribution in [3.05, 3.63) is 66.0 Å². The van der Waals surface area contributed by atoms with Crippen molar-refractivity contribution in [2.24, 2.45) is 0 Å². The lowest BCUT2D eigenvalue weighted by molar-refractivity contribution is -0.113. The molecule has 4 aromatic rings. The highest BCUT2D eigenvalue weighted by Crippen LogP contribution is 2.34. The summed E-state index contributed by atoms with van der Waals surface area (Å²) in [7, 11) is 1.58. The molecule has 0 spiro atoms. The van der Waals surface area contributed by atoms with Gasteiger partial charge in [-0.3, -0.25) is 9.36 Å². The third-order valence-corrected chi connectivity index (χ3v) is 6.21. The number of hydrogen-bond donors (Lipinski definition) is 1. The molecule has 11 heteroatoms. The number of carbonyl (C=O) groups is 1. The first kappa shape index (κ1) is 22.7. The Kier molecular flexibility index (Phi) is 7.20. The summed E-state index contributed by atoms with van der Waals surface area (Å²) >= 11 is 2.68. The van der Waals surface area contributed by atoms with E-state index >= 15 is 0 Å². The number of ether oxygens (including phenoxy) is 2. The highest BCUT2D eigenvalue weighted by atomic mass is 32.2. The molecule has 1 amide bonds. The largest absolute Gasteiger partial charge is 0.495 e. The standard InChI is InChI=1S/C22H18F2N4O3S2/c1-30-17-10-5-3-8-15(17)28-20(18-11-6-12-32-18)26-27-22(28)33-13-19(29)25-14-7-2-4-9-16(14)31-21(23)24/h2-12,21H,13H2,1H3,(H,25,29). The normalized spacial score (nSPS) is 10.9. The molecule has 0 atom stereocenters. The molecule has 0 fully saturated rings. The lowest BCUT2D eigenvalue weighted by Gasteiger charge is -2.14. The van der Waals surface area contributed by atoms with Crippen LogP contribution < -0.4 is 14.8 Å². The first-order chi connectivity index (χ1) is 16.1. The molecule has 0 saturated heterocycles. The summed E-state index contributed by atoms with van der Waals surface area (Å²) in [6, 6.07) is 17.3. The molecule has 0 saturated carbocycles. The molecule has 0 unspecified atom stereocenters. The lowest BCUT2D eigenvalue weighted by atomic mass is 10.3. The summed E-state index contributed by atoms with van der Waals surface area (Å²) in [5.41, 5.74) is 0.890. The number of halogens is 2. The van der Waals surface area contributed by atoms with Gasteiger partial charge in [0, 0.05) is 0 Å². The Labute approximate surface area is 196 Å². The summed E-state index contributed by atoms with van der Waals surface area (Å²) in [5.74, 6) is 0.703. The lowest BCUT2D eigenvalue weighted by Crippen LogP contribution is -2.16.